The van der Waals surface area contributed by atoms with Crippen molar-refractivity contribution in [2.45, 2.75) is 35.6 Å². The van der Waals surface area contributed by atoms with Gasteiger partial charge in [0.15, 0.2) is 10.4 Å². The number of hydrogen-bond donors (Lipinski definition) is 1. The standard InChI is InChI=1S/C33H27N3O3S/c1-2-33(40(38,39)32-18-17-31(37)34-35-32)36-29-10-6-4-8-23(29)20-30(36)24-12-11-22-14-15-26-25-9-5-3-7-21(25)13-16-27(26)28(22)19-24/h2-10,13-18,20,24,33H,1,11-12,19H2,(H,34,37). The van der Waals surface area contributed by atoms with E-state index in [0.29, 0.717) is 0 Å². The van der Waals surface area contributed by atoms with E-state index in [1.807, 2.05) is 28.8 Å². The third-order valence-corrected chi connectivity index (χ3v) is 10.1. The van der Waals surface area contributed by atoms with Crippen LogP contribution < -0.4 is 5.56 Å². The van der Waals surface area contributed by atoms with Crippen LogP contribution in [-0.4, -0.2) is 23.2 Å². The van der Waals surface area contributed by atoms with Crippen molar-refractivity contribution in [2.24, 2.45) is 0 Å². The summed E-state index contributed by atoms with van der Waals surface area (Å²) in [5.41, 5.74) is 4.01. The quantitative estimate of drug-likeness (QED) is 0.199. The highest BCUT2D eigenvalue weighted by atomic mass is 32.2. The molecule has 0 spiro atoms. The van der Waals surface area contributed by atoms with Gasteiger partial charge in [-0.15, -0.1) is 0 Å². The highest BCUT2D eigenvalue weighted by Gasteiger charge is 2.34. The lowest BCUT2D eigenvalue weighted by atomic mass is 9.79. The maximum absolute atomic E-state index is 13.9. The molecule has 2 unspecified atom stereocenters. The van der Waals surface area contributed by atoms with Crippen LogP contribution in [0.5, 0.6) is 0 Å². The van der Waals surface area contributed by atoms with Crippen molar-refractivity contribution < 1.29 is 8.42 Å². The molecule has 7 heteroatoms. The average Bonchev–Trinajstić information content (AvgIpc) is 3.36. The minimum Gasteiger partial charge on any atom is -0.323 e. The highest BCUT2D eigenvalue weighted by Crippen LogP contribution is 2.42. The molecule has 198 valence electrons. The lowest BCUT2D eigenvalue weighted by Crippen LogP contribution is -2.24. The van der Waals surface area contributed by atoms with Gasteiger partial charge in [-0.25, -0.2) is 13.5 Å². The molecule has 40 heavy (non-hydrogen) atoms. The number of aromatic nitrogens is 3. The van der Waals surface area contributed by atoms with E-state index in [-0.39, 0.29) is 10.9 Å². The number of aromatic amines is 1. The van der Waals surface area contributed by atoms with Crippen molar-refractivity contribution in [1.29, 1.82) is 0 Å². The Labute approximate surface area is 231 Å². The van der Waals surface area contributed by atoms with Crippen LogP contribution in [0.3, 0.4) is 0 Å². The van der Waals surface area contributed by atoms with Crippen LogP contribution in [-0.2, 0) is 22.7 Å². The summed E-state index contributed by atoms with van der Waals surface area (Å²) in [5, 5.41) is 10.8. The van der Waals surface area contributed by atoms with Crippen LogP contribution >= 0.6 is 0 Å². The molecule has 0 aliphatic heterocycles. The fraction of sp³-hybridized carbons (Fsp3) is 0.152. The second-order valence-electron chi connectivity index (χ2n) is 10.5. The number of H-pyrrole nitrogens is 1. The van der Waals surface area contributed by atoms with Gasteiger partial charge < -0.3 is 4.57 Å². The molecule has 0 bridgehead atoms. The number of fused-ring (bicyclic) bond motifs is 6. The Kier molecular flexibility index (Phi) is 5.71. The first kappa shape index (κ1) is 24.5. The normalized spacial score (nSPS) is 16.2. The van der Waals surface area contributed by atoms with Crippen molar-refractivity contribution in [3.05, 3.63) is 131 Å². The number of para-hydroxylation sites is 1. The van der Waals surface area contributed by atoms with Crippen molar-refractivity contribution in [3.63, 3.8) is 0 Å². The molecule has 0 saturated carbocycles. The Bertz CT molecular complexity index is 2100. The summed E-state index contributed by atoms with van der Waals surface area (Å²) >= 11 is 0. The molecule has 0 fully saturated rings. The molecule has 4 aromatic carbocycles. The van der Waals surface area contributed by atoms with Gasteiger partial charge in [0, 0.05) is 23.2 Å². The van der Waals surface area contributed by atoms with E-state index >= 15 is 0 Å². The van der Waals surface area contributed by atoms with Crippen LogP contribution in [0.25, 0.3) is 32.4 Å². The Morgan fingerprint density at radius 3 is 2.48 bits per heavy atom. The number of nitrogens with one attached hydrogen (secondary N) is 1. The van der Waals surface area contributed by atoms with E-state index in [1.54, 1.807) is 0 Å². The van der Waals surface area contributed by atoms with Gasteiger partial charge in [0.05, 0.1) is 0 Å². The van der Waals surface area contributed by atoms with Gasteiger partial charge in [-0.1, -0.05) is 79.4 Å². The van der Waals surface area contributed by atoms with E-state index < -0.39 is 20.8 Å². The summed E-state index contributed by atoms with van der Waals surface area (Å²) in [5.74, 6) is 0.109. The number of benzene rings is 4. The monoisotopic (exact) mass is 545 g/mol. The molecule has 2 heterocycles. The smallest absolute Gasteiger partial charge is 0.264 e. The predicted molar refractivity (Wildman–Crippen MR) is 159 cm³/mol. The zero-order valence-corrected chi connectivity index (χ0v) is 22.6. The van der Waals surface area contributed by atoms with Crippen LogP contribution in [0.4, 0.5) is 0 Å². The summed E-state index contributed by atoms with van der Waals surface area (Å²) in [7, 11) is -4.00. The third-order valence-electron chi connectivity index (χ3n) is 8.26. The third kappa shape index (κ3) is 3.80. The molecule has 0 amide bonds. The van der Waals surface area contributed by atoms with Gasteiger partial charge in [0.25, 0.3) is 5.56 Å². The minimum absolute atomic E-state index is 0.109. The van der Waals surface area contributed by atoms with Gasteiger partial charge >= 0.3 is 0 Å². The van der Waals surface area contributed by atoms with Crippen molar-refractivity contribution >= 4 is 42.3 Å². The Morgan fingerprint density at radius 1 is 0.900 bits per heavy atom. The van der Waals surface area contributed by atoms with Crippen LogP contribution in [0.15, 0.2) is 113 Å². The van der Waals surface area contributed by atoms with E-state index in [9.17, 15) is 13.2 Å². The lowest BCUT2D eigenvalue weighted by molar-refractivity contribution is 0.531. The van der Waals surface area contributed by atoms with Crippen molar-refractivity contribution in [1.82, 2.24) is 14.8 Å². The van der Waals surface area contributed by atoms with Gasteiger partial charge in [-0.05, 0) is 75.5 Å². The van der Waals surface area contributed by atoms with Gasteiger partial charge in [0.2, 0.25) is 9.84 Å². The number of aryl methyl sites for hydroxylation is 1. The topological polar surface area (TPSA) is 84.8 Å². The van der Waals surface area contributed by atoms with Crippen LogP contribution in [0.2, 0.25) is 0 Å². The molecule has 6 aromatic rings. The van der Waals surface area contributed by atoms with E-state index in [0.717, 1.165) is 35.9 Å². The highest BCUT2D eigenvalue weighted by molar-refractivity contribution is 7.91. The maximum Gasteiger partial charge on any atom is 0.264 e. The lowest BCUT2D eigenvalue weighted by Gasteiger charge is -2.29. The number of sulfone groups is 1. The second-order valence-corrected chi connectivity index (χ2v) is 12.4. The predicted octanol–water partition coefficient (Wildman–Crippen LogP) is 6.46. The molecule has 1 aliphatic carbocycles. The summed E-state index contributed by atoms with van der Waals surface area (Å²) in [6.07, 6.45) is 4.08. The number of nitrogens with zero attached hydrogens (tertiary/aromatic N) is 2. The average molecular weight is 546 g/mol. The fourth-order valence-electron chi connectivity index (χ4n) is 6.38. The molecule has 1 aliphatic rings. The molecule has 0 saturated heterocycles. The first-order valence-electron chi connectivity index (χ1n) is 13.4. The van der Waals surface area contributed by atoms with Gasteiger partial charge in [0.1, 0.15) is 0 Å². The number of rotatable bonds is 5. The summed E-state index contributed by atoms with van der Waals surface area (Å²) in [6.45, 7) is 3.93. The van der Waals surface area contributed by atoms with Crippen molar-refractivity contribution in [2.75, 3.05) is 0 Å². The SMILES string of the molecule is C=CC(n1c(C2CCc3ccc4c(ccc5ccccc54)c3C2)cc2ccccc21)S(=O)(=O)c1ccc(=O)[nH]n1. The number of hydrogen-bond acceptors (Lipinski definition) is 4. The summed E-state index contributed by atoms with van der Waals surface area (Å²) in [4.78, 5) is 11.6. The van der Waals surface area contributed by atoms with Crippen LogP contribution in [0, 0.1) is 0 Å². The second kappa shape index (κ2) is 9.31. The van der Waals surface area contributed by atoms with Gasteiger partial charge in [-0.3, -0.25) is 4.79 Å². The Morgan fingerprint density at radius 2 is 1.68 bits per heavy atom. The molecule has 7 rings (SSSR count). The molecule has 6 nitrogen and oxygen atoms in total. The van der Waals surface area contributed by atoms with Gasteiger partial charge in [-0.2, -0.15) is 5.10 Å². The molecule has 2 atom stereocenters. The molecule has 2 aromatic heterocycles. The van der Waals surface area contributed by atoms with Crippen molar-refractivity contribution in [3.8, 4) is 0 Å². The molecular formula is C33H27N3O3S. The van der Waals surface area contributed by atoms with E-state index in [4.69, 9.17) is 0 Å². The zero-order valence-electron chi connectivity index (χ0n) is 21.7. The Hall–Kier alpha value is -4.49. The minimum atomic E-state index is -4.00. The first-order chi connectivity index (χ1) is 19.5. The fourth-order valence-corrected chi connectivity index (χ4v) is 7.83. The van der Waals surface area contributed by atoms with E-state index in [1.165, 1.54) is 50.9 Å². The zero-order chi connectivity index (χ0) is 27.4. The Balaban J connectivity index is 1.39. The maximum atomic E-state index is 13.9. The molecule has 0 radical (unpaired) electrons. The van der Waals surface area contributed by atoms with E-state index in [2.05, 4.69) is 71.4 Å². The molecule has 1 N–H and O–H groups in total. The molecular weight excluding hydrogens is 518 g/mol. The summed E-state index contributed by atoms with van der Waals surface area (Å²) in [6, 6.07) is 29.8. The summed E-state index contributed by atoms with van der Waals surface area (Å²) < 4.78 is 29.6. The largest absolute Gasteiger partial charge is 0.323 e. The van der Waals surface area contributed by atoms with Crippen LogP contribution in [0.1, 0.15) is 34.5 Å². The first-order valence-corrected chi connectivity index (χ1v) is 14.9.